The minimum atomic E-state index is -0.444. The molecule has 0 atom stereocenters. The SMILES string of the molecule is Cc1cc2oc(=O)cc(COC(=O)CCc3c[nH]c4ccccc34)c2cc1C. The van der Waals surface area contributed by atoms with Gasteiger partial charge < -0.3 is 14.1 Å². The first-order valence-corrected chi connectivity index (χ1v) is 9.26. The Morgan fingerprint density at radius 2 is 1.82 bits per heavy atom. The molecule has 28 heavy (non-hydrogen) atoms. The number of nitrogens with one attached hydrogen (secondary N) is 1. The van der Waals surface area contributed by atoms with Gasteiger partial charge in [0.2, 0.25) is 0 Å². The van der Waals surface area contributed by atoms with Crippen LogP contribution in [0.3, 0.4) is 0 Å². The molecule has 0 fully saturated rings. The summed E-state index contributed by atoms with van der Waals surface area (Å²) in [5.74, 6) is -0.296. The topological polar surface area (TPSA) is 72.3 Å². The second-order valence-electron chi connectivity index (χ2n) is 7.04. The first-order chi connectivity index (χ1) is 13.5. The van der Waals surface area contributed by atoms with Gasteiger partial charge in [-0.05, 0) is 55.2 Å². The van der Waals surface area contributed by atoms with Gasteiger partial charge in [0.05, 0.1) is 0 Å². The second kappa shape index (κ2) is 7.35. The van der Waals surface area contributed by atoms with Crippen molar-refractivity contribution in [3.63, 3.8) is 0 Å². The summed E-state index contributed by atoms with van der Waals surface area (Å²) in [7, 11) is 0. The van der Waals surface area contributed by atoms with Crippen LogP contribution in [0.2, 0.25) is 0 Å². The highest BCUT2D eigenvalue weighted by Gasteiger charge is 2.12. The zero-order valence-corrected chi connectivity index (χ0v) is 15.9. The number of hydrogen-bond donors (Lipinski definition) is 1. The summed E-state index contributed by atoms with van der Waals surface area (Å²) in [6.45, 7) is 4.01. The van der Waals surface area contributed by atoms with Crippen LogP contribution in [-0.2, 0) is 22.6 Å². The molecule has 0 saturated heterocycles. The van der Waals surface area contributed by atoms with Crippen molar-refractivity contribution >= 4 is 27.8 Å². The van der Waals surface area contributed by atoms with Gasteiger partial charge in [-0.3, -0.25) is 4.79 Å². The van der Waals surface area contributed by atoms with E-state index in [2.05, 4.69) is 4.98 Å². The van der Waals surface area contributed by atoms with Crippen LogP contribution < -0.4 is 5.63 Å². The molecule has 5 nitrogen and oxygen atoms in total. The van der Waals surface area contributed by atoms with Crippen molar-refractivity contribution in [3.8, 4) is 0 Å². The van der Waals surface area contributed by atoms with Crippen molar-refractivity contribution in [1.82, 2.24) is 4.98 Å². The van der Waals surface area contributed by atoms with Crippen LogP contribution >= 0.6 is 0 Å². The van der Waals surface area contributed by atoms with Crippen molar-refractivity contribution in [2.45, 2.75) is 33.3 Å². The molecule has 0 spiro atoms. The highest BCUT2D eigenvalue weighted by molar-refractivity contribution is 5.84. The van der Waals surface area contributed by atoms with Gasteiger partial charge in [-0.25, -0.2) is 4.79 Å². The van der Waals surface area contributed by atoms with Crippen LogP contribution in [0.25, 0.3) is 21.9 Å². The van der Waals surface area contributed by atoms with Gasteiger partial charge in [0.15, 0.2) is 0 Å². The van der Waals surface area contributed by atoms with E-state index in [1.165, 1.54) is 6.07 Å². The summed E-state index contributed by atoms with van der Waals surface area (Å²) in [5.41, 5.74) is 5.01. The lowest BCUT2D eigenvalue weighted by molar-refractivity contribution is -0.144. The Balaban J connectivity index is 1.46. The number of esters is 1. The van der Waals surface area contributed by atoms with Crippen molar-refractivity contribution in [2.24, 2.45) is 0 Å². The summed E-state index contributed by atoms with van der Waals surface area (Å²) in [5, 5.41) is 1.92. The average molecular weight is 375 g/mol. The van der Waals surface area contributed by atoms with Crippen LogP contribution in [0.5, 0.6) is 0 Å². The molecular formula is C23H21NO4. The summed E-state index contributed by atoms with van der Waals surface area (Å²) >= 11 is 0. The van der Waals surface area contributed by atoms with Gasteiger partial charge in [0.25, 0.3) is 0 Å². The lowest BCUT2D eigenvalue weighted by Gasteiger charge is -2.09. The molecular weight excluding hydrogens is 354 g/mol. The molecule has 0 aliphatic heterocycles. The Morgan fingerprint density at radius 3 is 2.68 bits per heavy atom. The van der Waals surface area contributed by atoms with Crippen molar-refractivity contribution in [1.29, 1.82) is 0 Å². The predicted octanol–water partition coefficient (Wildman–Crippen LogP) is 4.57. The summed E-state index contributed by atoms with van der Waals surface area (Å²) in [4.78, 5) is 27.3. The fourth-order valence-electron chi connectivity index (χ4n) is 3.41. The van der Waals surface area contributed by atoms with E-state index in [1.807, 2.05) is 56.4 Å². The number of ether oxygens (including phenoxy) is 1. The first-order valence-electron chi connectivity index (χ1n) is 9.26. The summed E-state index contributed by atoms with van der Waals surface area (Å²) < 4.78 is 10.7. The number of fused-ring (bicyclic) bond motifs is 2. The zero-order valence-electron chi connectivity index (χ0n) is 15.9. The normalized spacial score (nSPS) is 11.2. The third-order valence-corrected chi connectivity index (χ3v) is 5.11. The minimum absolute atomic E-state index is 0.0529. The summed E-state index contributed by atoms with van der Waals surface area (Å²) in [6.07, 6.45) is 2.80. The van der Waals surface area contributed by atoms with Gasteiger partial charge in [0.1, 0.15) is 12.2 Å². The molecule has 0 amide bonds. The Morgan fingerprint density at radius 1 is 1.04 bits per heavy atom. The van der Waals surface area contributed by atoms with E-state index in [1.54, 1.807) is 0 Å². The highest BCUT2D eigenvalue weighted by Crippen LogP contribution is 2.23. The lowest BCUT2D eigenvalue weighted by atomic mass is 10.0. The van der Waals surface area contributed by atoms with Crippen LogP contribution in [0.1, 0.15) is 28.7 Å². The van der Waals surface area contributed by atoms with Crippen LogP contribution in [0, 0.1) is 13.8 Å². The molecule has 0 aliphatic carbocycles. The van der Waals surface area contributed by atoms with Gasteiger partial charge >= 0.3 is 11.6 Å². The first kappa shape index (κ1) is 18.0. The average Bonchev–Trinajstić information content (AvgIpc) is 3.09. The molecule has 0 unspecified atom stereocenters. The van der Waals surface area contributed by atoms with E-state index in [4.69, 9.17) is 9.15 Å². The number of H-pyrrole nitrogens is 1. The standard InChI is InChI=1S/C23H21NO4/c1-14-9-19-17(11-23(26)28-21(19)10-15(14)2)13-27-22(25)8-7-16-12-24-20-6-4-3-5-18(16)20/h3-6,9-12,24H,7-8,13H2,1-2H3. The lowest BCUT2D eigenvalue weighted by Crippen LogP contribution is -2.08. The van der Waals surface area contributed by atoms with E-state index in [0.717, 1.165) is 33.0 Å². The van der Waals surface area contributed by atoms with Crippen molar-refractivity contribution < 1.29 is 13.9 Å². The molecule has 0 radical (unpaired) electrons. The monoisotopic (exact) mass is 375 g/mol. The van der Waals surface area contributed by atoms with E-state index < -0.39 is 5.63 Å². The molecule has 2 heterocycles. The van der Waals surface area contributed by atoms with Gasteiger partial charge in [0, 0.05) is 40.5 Å². The quantitative estimate of drug-likeness (QED) is 0.410. The van der Waals surface area contributed by atoms with Crippen LogP contribution in [0.15, 0.2) is 57.9 Å². The number of carbonyl (C=O) groups excluding carboxylic acids is 1. The predicted molar refractivity (Wildman–Crippen MR) is 108 cm³/mol. The third-order valence-electron chi connectivity index (χ3n) is 5.11. The van der Waals surface area contributed by atoms with Gasteiger partial charge in [-0.1, -0.05) is 18.2 Å². The number of aromatic amines is 1. The largest absolute Gasteiger partial charge is 0.461 e. The Kier molecular flexibility index (Phi) is 4.74. The molecule has 2 aromatic heterocycles. The molecule has 4 aromatic rings. The number of rotatable bonds is 5. The number of benzene rings is 2. The Bertz CT molecular complexity index is 1230. The smallest absolute Gasteiger partial charge is 0.336 e. The van der Waals surface area contributed by atoms with E-state index in [9.17, 15) is 9.59 Å². The fraction of sp³-hybridized carbons (Fsp3) is 0.217. The molecule has 4 rings (SSSR count). The van der Waals surface area contributed by atoms with E-state index in [-0.39, 0.29) is 19.0 Å². The Labute approximate surface area is 161 Å². The number of aromatic nitrogens is 1. The molecule has 5 heteroatoms. The molecule has 0 saturated carbocycles. The molecule has 0 bridgehead atoms. The highest BCUT2D eigenvalue weighted by atomic mass is 16.5. The maximum atomic E-state index is 12.3. The molecule has 2 aromatic carbocycles. The second-order valence-corrected chi connectivity index (χ2v) is 7.04. The minimum Gasteiger partial charge on any atom is -0.461 e. The third kappa shape index (κ3) is 3.56. The van der Waals surface area contributed by atoms with Crippen molar-refractivity contribution in [2.75, 3.05) is 0 Å². The number of hydrogen-bond acceptors (Lipinski definition) is 4. The molecule has 142 valence electrons. The van der Waals surface area contributed by atoms with Crippen LogP contribution in [-0.4, -0.2) is 11.0 Å². The number of aryl methyl sites for hydroxylation is 3. The Hall–Kier alpha value is -3.34. The maximum absolute atomic E-state index is 12.3. The molecule has 1 N–H and O–H groups in total. The van der Waals surface area contributed by atoms with Crippen LogP contribution in [0.4, 0.5) is 0 Å². The van der Waals surface area contributed by atoms with E-state index in [0.29, 0.717) is 17.6 Å². The fourth-order valence-corrected chi connectivity index (χ4v) is 3.41. The zero-order chi connectivity index (χ0) is 19.7. The van der Waals surface area contributed by atoms with E-state index >= 15 is 0 Å². The number of carbonyl (C=O) groups is 1. The van der Waals surface area contributed by atoms with Gasteiger partial charge in [-0.2, -0.15) is 0 Å². The molecule has 0 aliphatic rings. The summed E-state index contributed by atoms with van der Waals surface area (Å²) in [6, 6.07) is 13.2. The van der Waals surface area contributed by atoms with Crippen molar-refractivity contribution in [3.05, 3.63) is 81.3 Å². The number of para-hydroxylation sites is 1. The van der Waals surface area contributed by atoms with Gasteiger partial charge in [-0.15, -0.1) is 0 Å². The maximum Gasteiger partial charge on any atom is 0.336 e.